The molecule has 3 aromatic carbocycles. The first-order valence-corrected chi connectivity index (χ1v) is 11.9. The lowest BCUT2D eigenvalue weighted by atomic mass is 9.78. The Morgan fingerprint density at radius 3 is 2.17 bits per heavy atom. The number of benzene rings is 3. The maximum absolute atomic E-state index is 14.8. The van der Waals surface area contributed by atoms with E-state index in [0.29, 0.717) is 22.6 Å². The highest BCUT2D eigenvalue weighted by Gasteiger charge is 2.25. The van der Waals surface area contributed by atoms with Crippen molar-refractivity contribution in [2.75, 3.05) is 6.61 Å². The molecular weight excluding hydrogens is 452 g/mol. The molecule has 0 heterocycles. The Hall–Kier alpha value is -3.34. The highest BCUT2D eigenvalue weighted by atomic mass is 19.2. The topological polar surface area (TPSA) is 9.23 Å². The van der Waals surface area contributed by atoms with Gasteiger partial charge in [-0.25, -0.2) is 13.2 Å². The predicted molar refractivity (Wildman–Crippen MR) is 133 cm³/mol. The lowest BCUT2D eigenvalue weighted by Gasteiger charge is -2.27. The van der Waals surface area contributed by atoms with Crippen LogP contribution < -0.4 is 4.74 Å². The van der Waals surface area contributed by atoms with Gasteiger partial charge in [0.05, 0.1) is 6.61 Å². The summed E-state index contributed by atoms with van der Waals surface area (Å²) < 4.78 is 63.4. The van der Waals surface area contributed by atoms with E-state index < -0.39 is 23.3 Å². The first-order chi connectivity index (χ1) is 16.9. The smallest absolute Gasteiger partial charge is 0.201 e. The van der Waals surface area contributed by atoms with Crippen molar-refractivity contribution < 1.29 is 22.3 Å². The largest absolute Gasteiger partial charge is 0.491 e. The Morgan fingerprint density at radius 1 is 0.800 bits per heavy atom. The Bertz CT molecular complexity index is 1220. The molecular formula is C30H28F4O. The van der Waals surface area contributed by atoms with E-state index >= 15 is 0 Å². The third-order valence-corrected chi connectivity index (χ3v) is 6.71. The molecule has 1 aliphatic carbocycles. The second kappa shape index (κ2) is 10.9. The molecule has 0 radical (unpaired) electrons. The minimum Gasteiger partial charge on any atom is -0.491 e. The Labute approximate surface area is 203 Å². The van der Waals surface area contributed by atoms with Crippen molar-refractivity contribution in [2.24, 2.45) is 5.92 Å². The van der Waals surface area contributed by atoms with Gasteiger partial charge in [0, 0.05) is 11.1 Å². The molecule has 0 aromatic heterocycles. The summed E-state index contributed by atoms with van der Waals surface area (Å²) in [5.41, 5.74) is 1.93. The maximum Gasteiger partial charge on any atom is 0.201 e. The zero-order valence-electron chi connectivity index (χ0n) is 19.7. The first kappa shape index (κ1) is 24.8. The van der Waals surface area contributed by atoms with Gasteiger partial charge in [0.1, 0.15) is 0 Å². The lowest BCUT2D eigenvalue weighted by molar-refractivity contribution is 0.314. The molecule has 5 heteroatoms. The molecule has 182 valence electrons. The van der Waals surface area contributed by atoms with Gasteiger partial charge in [-0.15, -0.1) is 6.58 Å². The van der Waals surface area contributed by atoms with Crippen LogP contribution in [0.4, 0.5) is 17.6 Å². The number of ether oxygens (including phenoxy) is 1. The molecule has 4 rings (SSSR count). The second-order valence-corrected chi connectivity index (χ2v) is 8.85. The average Bonchev–Trinajstić information content (AvgIpc) is 2.88. The summed E-state index contributed by atoms with van der Waals surface area (Å²) in [6.45, 7) is 5.76. The van der Waals surface area contributed by atoms with Crippen LogP contribution in [0.2, 0.25) is 0 Å². The van der Waals surface area contributed by atoms with E-state index in [9.17, 15) is 17.6 Å². The molecule has 0 unspecified atom stereocenters. The molecule has 0 amide bonds. The summed E-state index contributed by atoms with van der Waals surface area (Å²) in [5, 5.41) is 0. The summed E-state index contributed by atoms with van der Waals surface area (Å²) in [6, 6.07) is 12.9. The number of halogens is 4. The van der Waals surface area contributed by atoms with Gasteiger partial charge in [-0.2, -0.15) is 4.39 Å². The van der Waals surface area contributed by atoms with E-state index in [2.05, 4.69) is 6.58 Å². The summed E-state index contributed by atoms with van der Waals surface area (Å²) >= 11 is 0. The van der Waals surface area contributed by atoms with Crippen molar-refractivity contribution in [1.82, 2.24) is 0 Å². The average molecular weight is 481 g/mol. The van der Waals surface area contributed by atoms with E-state index in [1.54, 1.807) is 49.4 Å². The van der Waals surface area contributed by atoms with Crippen LogP contribution in [-0.2, 0) is 0 Å². The summed E-state index contributed by atoms with van der Waals surface area (Å²) in [4.78, 5) is 0. The number of rotatable bonds is 7. The zero-order valence-corrected chi connectivity index (χ0v) is 19.7. The number of hydrogen-bond acceptors (Lipinski definition) is 1. The van der Waals surface area contributed by atoms with Crippen LogP contribution in [0.5, 0.6) is 5.75 Å². The van der Waals surface area contributed by atoms with Crippen molar-refractivity contribution in [2.45, 2.75) is 38.5 Å². The van der Waals surface area contributed by atoms with Crippen LogP contribution in [0.1, 0.15) is 55.2 Å². The molecule has 0 spiro atoms. The van der Waals surface area contributed by atoms with Gasteiger partial charge in [0.25, 0.3) is 0 Å². The van der Waals surface area contributed by atoms with Gasteiger partial charge in [-0.05, 0) is 73.3 Å². The van der Waals surface area contributed by atoms with Crippen LogP contribution in [-0.4, -0.2) is 6.61 Å². The molecule has 1 aliphatic rings. The van der Waals surface area contributed by atoms with Gasteiger partial charge < -0.3 is 4.74 Å². The van der Waals surface area contributed by atoms with Crippen LogP contribution >= 0.6 is 0 Å². The molecule has 0 aliphatic heterocycles. The van der Waals surface area contributed by atoms with Crippen LogP contribution in [0.25, 0.3) is 23.3 Å². The monoisotopic (exact) mass is 480 g/mol. The van der Waals surface area contributed by atoms with Crippen LogP contribution in [0.3, 0.4) is 0 Å². The third-order valence-electron chi connectivity index (χ3n) is 6.71. The maximum atomic E-state index is 14.8. The Balaban J connectivity index is 1.49. The normalized spacial score (nSPS) is 18.1. The molecule has 1 saturated carbocycles. The molecule has 1 nitrogen and oxygen atoms in total. The molecule has 3 aromatic rings. The molecule has 0 bridgehead atoms. The van der Waals surface area contributed by atoms with Crippen molar-refractivity contribution >= 4 is 12.2 Å². The first-order valence-electron chi connectivity index (χ1n) is 11.9. The fourth-order valence-corrected chi connectivity index (χ4v) is 4.67. The zero-order chi connectivity index (χ0) is 24.9. The molecule has 35 heavy (non-hydrogen) atoms. The van der Waals surface area contributed by atoms with Crippen molar-refractivity contribution in [3.05, 3.63) is 101 Å². The van der Waals surface area contributed by atoms with E-state index in [4.69, 9.17) is 4.74 Å². The van der Waals surface area contributed by atoms with E-state index in [1.165, 1.54) is 18.2 Å². The van der Waals surface area contributed by atoms with E-state index in [-0.39, 0.29) is 29.4 Å². The molecule has 0 N–H and O–H groups in total. The Morgan fingerprint density at radius 2 is 1.51 bits per heavy atom. The molecule has 0 saturated heterocycles. The fourth-order valence-electron chi connectivity index (χ4n) is 4.67. The lowest BCUT2D eigenvalue weighted by Crippen LogP contribution is -2.13. The fraction of sp³-hybridized carbons (Fsp3) is 0.267. The third kappa shape index (κ3) is 5.34. The van der Waals surface area contributed by atoms with E-state index in [1.807, 2.05) is 6.08 Å². The standard InChI is InChI=1S/C30H28F4O/c1-3-19-5-10-21(11-6-19)24-16-15-23(27(31)28(24)32)14-9-20-7-12-22(13-8-20)25-17-18-26(35-4-2)30(34)29(25)33/h3,7-9,12-19,21H,1,4-6,10-11H2,2H3/b14-9+. The predicted octanol–water partition coefficient (Wildman–Crippen LogP) is 8.94. The highest BCUT2D eigenvalue weighted by molar-refractivity contribution is 5.73. The minimum absolute atomic E-state index is 0.0270. The van der Waals surface area contributed by atoms with Gasteiger partial charge in [0.15, 0.2) is 23.2 Å². The number of allylic oxidation sites excluding steroid dienone is 1. The highest BCUT2D eigenvalue weighted by Crippen LogP contribution is 2.38. The number of hydrogen-bond donors (Lipinski definition) is 0. The quantitative estimate of drug-likeness (QED) is 0.186. The van der Waals surface area contributed by atoms with Crippen LogP contribution in [0.15, 0.2) is 61.2 Å². The van der Waals surface area contributed by atoms with Crippen molar-refractivity contribution in [1.29, 1.82) is 0 Å². The minimum atomic E-state index is -1.02. The SMILES string of the molecule is C=CC1CCC(c2ccc(/C=C/c3ccc(-c4ccc(OCC)c(F)c4F)cc3)c(F)c2F)CC1. The molecule has 0 atom stereocenters. The summed E-state index contributed by atoms with van der Waals surface area (Å²) in [7, 11) is 0. The van der Waals surface area contributed by atoms with Crippen molar-refractivity contribution in [3.8, 4) is 16.9 Å². The molecule has 1 fully saturated rings. The van der Waals surface area contributed by atoms with E-state index in [0.717, 1.165) is 25.7 Å². The summed E-state index contributed by atoms with van der Waals surface area (Å²) in [5.74, 6) is -3.28. The van der Waals surface area contributed by atoms with Gasteiger partial charge in [-0.3, -0.25) is 0 Å². The van der Waals surface area contributed by atoms with Crippen molar-refractivity contribution in [3.63, 3.8) is 0 Å². The van der Waals surface area contributed by atoms with Crippen LogP contribution in [0, 0.1) is 29.2 Å². The second-order valence-electron chi connectivity index (χ2n) is 8.85. The Kier molecular flexibility index (Phi) is 7.74. The summed E-state index contributed by atoms with van der Waals surface area (Å²) in [6.07, 6.45) is 8.66. The van der Waals surface area contributed by atoms with Gasteiger partial charge in [0.2, 0.25) is 5.82 Å². The van der Waals surface area contributed by atoms with Gasteiger partial charge >= 0.3 is 0 Å². The van der Waals surface area contributed by atoms with Gasteiger partial charge in [-0.1, -0.05) is 54.6 Å².